The summed E-state index contributed by atoms with van der Waals surface area (Å²) in [4.78, 5) is 10.8. The van der Waals surface area contributed by atoms with Crippen molar-refractivity contribution < 1.29 is 0 Å². The van der Waals surface area contributed by atoms with Crippen molar-refractivity contribution in [2.24, 2.45) is 4.99 Å². The number of nitrogens with zero attached hydrogens (tertiary/aromatic N) is 5. The summed E-state index contributed by atoms with van der Waals surface area (Å²) in [7, 11) is 0. The van der Waals surface area contributed by atoms with Gasteiger partial charge < -0.3 is 4.90 Å². The van der Waals surface area contributed by atoms with Gasteiger partial charge in [0.25, 0.3) is 0 Å². The van der Waals surface area contributed by atoms with Gasteiger partial charge in [0.05, 0.1) is 12.2 Å². The molecule has 5 nitrogen and oxygen atoms in total. The van der Waals surface area contributed by atoms with Crippen LogP contribution in [0, 0.1) is 11.3 Å². The van der Waals surface area contributed by atoms with E-state index in [1.165, 1.54) is 0 Å². The molecule has 2 aliphatic rings. The van der Waals surface area contributed by atoms with E-state index in [2.05, 4.69) is 27.0 Å². The largest absolute Gasteiger partial charge is 0.308 e. The Morgan fingerprint density at radius 2 is 2.17 bits per heavy atom. The Hall–Kier alpha value is -2.61. The van der Waals surface area contributed by atoms with Gasteiger partial charge in [0.15, 0.2) is 11.5 Å². The zero-order valence-electron chi connectivity index (χ0n) is 9.54. The molecule has 0 bridgehead atoms. The van der Waals surface area contributed by atoms with Crippen molar-refractivity contribution in [1.82, 2.24) is 9.55 Å². The first kappa shape index (κ1) is 9.42. The fourth-order valence-corrected chi connectivity index (χ4v) is 2.61. The van der Waals surface area contributed by atoms with Crippen LogP contribution in [0.25, 0.3) is 5.69 Å². The topological polar surface area (TPSA) is 57.2 Å². The van der Waals surface area contributed by atoms with Crippen LogP contribution in [0.1, 0.15) is 11.3 Å². The van der Waals surface area contributed by atoms with Crippen LogP contribution in [0.15, 0.2) is 35.6 Å². The second-order valence-corrected chi connectivity index (χ2v) is 4.27. The molecule has 1 aromatic heterocycles. The number of para-hydroxylation sites is 1. The van der Waals surface area contributed by atoms with Crippen molar-refractivity contribution in [3.63, 3.8) is 0 Å². The van der Waals surface area contributed by atoms with Crippen molar-refractivity contribution in [2.45, 2.75) is 0 Å². The van der Waals surface area contributed by atoms with Gasteiger partial charge in [-0.15, -0.1) is 0 Å². The first-order chi connectivity index (χ1) is 8.90. The highest BCUT2D eigenvalue weighted by Gasteiger charge is 2.32. The summed E-state index contributed by atoms with van der Waals surface area (Å²) in [5.41, 5.74) is 2.60. The molecule has 3 heterocycles. The quantitative estimate of drug-likeness (QED) is 0.692. The molecular formula is C13H9N5. The zero-order chi connectivity index (χ0) is 12.1. The molecule has 4 rings (SSSR count). The summed E-state index contributed by atoms with van der Waals surface area (Å²) < 4.78 is 1.97. The van der Waals surface area contributed by atoms with Crippen molar-refractivity contribution in [3.8, 4) is 11.8 Å². The van der Waals surface area contributed by atoms with Gasteiger partial charge in [0, 0.05) is 12.1 Å². The molecule has 0 N–H and O–H groups in total. The van der Waals surface area contributed by atoms with Crippen LogP contribution in [0.5, 0.6) is 0 Å². The van der Waals surface area contributed by atoms with Gasteiger partial charge >= 0.3 is 0 Å². The van der Waals surface area contributed by atoms with E-state index < -0.39 is 0 Å². The summed E-state index contributed by atoms with van der Waals surface area (Å²) >= 11 is 0. The van der Waals surface area contributed by atoms with Gasteiger partial charge in [-0.1, -0.05) is 12.1 Å². The lowest BCUT2D eigenvalue weighted by molar-refractivity contribution is 0.942. The fourth-order valence-electron chi connectivity index (χ4n) is 2.61. The van der Waals surface area contributed by atoms with Crippen LogP contribution in [0.2, 0.25) is 0 Å². The van der Waals surface area contributed by atoms with Crippen molar-refractivity contribution in [1.29, 1.82) is 5.26 Å². The molecule has 18 heavy (non-hydrogen) atoms. The number of anilines is 1. The molecule has 0 amide bonds. The summed E-state index contributed by atoms with van der Waals surface area (Å²) in [5, 5.41) is 9.16. The Labute approximate surface area is 104 Å². The zero-order valence-corrected chi connectivity index (χ0v) is 9.54. The minimum Gasteiger partial charge on any atom is -0.308 e. The first-order valence-electron chi connectivity index (χ1n) is 5.79. The van der Waals surface area contributed by atoms with E-state index in [9.17, 15) is 0 Å². The molecular weight excluding hydrogens is 226 g/mol. The standard InChI is InChI=1S/C13H9N5/c14-7-10-13-17-6-5-15-12(17)9-3-1-2-4-11(9)18(13)8-16-10/h1-4,8H,5-6H2. The van der Waals surface area contributed by atoms with E-state index in [1.54, 1.807) is 6.33 Å². The van der Waals surface area contributed by atoms with Crippen molar-refractivity contribution in [3.05, 3.63) is 41.9 Å². The summed E-state index contributed by atoms with van der Waals surface area (Å²) in [5.74, 6) is 1.79. The van der Waals surface area contributed by atoms with Gasteiger partial charge in [-0.05, 0) is 12.1 Å². The number of imidazole rings is 1. The molecule has 2 aromatic rings. The smallest absolute Gasteiger partial charge is 0.183 e. The molecule has 0 saturated heterocycles. The van der Waals surface area contributed by atoms with Crippen molar-refractivity contribution >= 4 is 11.7 Å². The lowest BCUT2D eigenvalue weighted by Gasteiger charge is -2.28. The number of hydrogen-bond acceptors (Lipinski definition) is 4. The number of amidine groups is 1. The molecule has 0 spiro atoms. The van der Waals surface area contributed by atoms with Crippen LogP contribution in [-0.4, -0.2) is 28.5 Å². The fraction of sp³-hybridized carbons (Fsp3) is 0.154. The average Bonchev–Trinajstić information content (AvgIpc) is 3.05. The predicted octanol–water partition coefficient (Wildman–Crippen LogP) is 1.32. The Bertz CT molecular complexity index is 719. The highest BCUT2D eigenvalue weighted by Crippen LogP contribution is 2.34. The molecule has 2 aliphatic heterocycles. The van der Waals surface area contributed by atoms with E-state index in [0.717, 1.165) is 36.0 Å². The maximum atomic E-state index is 9.16. The number of nitriles is 1. The molecule has 0 unspecified atom stereocenters. The van der Waals surface area contributed by atoms with Crippen molar-refractivity contribution in [2.75, 3.05) is 18.0 Å². The molecule has 5 heteroatoms. The third-order valence-corrected chi connectivity index (χ3v) is 3.35. The van der Waals surface area contributed by atoms with Crippen LogP contribution in [0.4, 0.5) is 5.82 Å². The van der Waals surface area contributed by atoms with Crippen LogP contribution >= 0.6 is 0 Å². The Morgan fingerprint density at radius 1 is 1.28 bits per heavy atom. The number of rotatable bonds is 0. The number of aliphatic imine (C=N–C) groups is 1. The summed E-state index contributed by atoms with van der Waals surface area (Å²) in [6.45, 7) is 1.57. The Morgan fingerprint density at radius 3 is 3.06 bits per heavy atom. The van der Waals surface area contributed by atoms with E-state index in [-0.39, 0.29) is 0 Å². The number of hydrogen-bond donors (Lipinski definition) is 0. The lowest BCUT2D eigenvalue weighted by Crippen LogP contribution is -2.34. The van der Waals surface area contributed by atoms with Gasteiger partial charge in [0.1, 0.15) is 18.2 Å². The van der Waals surface area contributed by atoms with E-state index >= 15 is 0 Å². The molecule has 86 valence electrons. The van der Waals surface area contributed by atoms with Gasteiger partial charge in [-0.25, -0.2) is 4.98 Å². The van der Waals surface area contributed by atoms with E-state index in [4.69, 9.17) is 5.26 Å². The van der Waals surface area contributed by atoms with E-state index in [0.29, 0.717) is 5.69 Å². The average molecular weight is 235 g/mol. The molecule has 0 radical (unpaired) electrons. The second kappa shape index (κ2) is 3.20. The maximum absolute atomic E-state index is 9.16. The summed E-state index contributed by atoms with van der Waals surface area (Å²) in [6, 6.07) is 10.2. The third kappa shape index (κ3) is 0.998. The van der Waals surface area contributed by atoms with E-state index in [1.807, 2.05) is 22.8 Å². The SMILES string of the molecule is N#Cc1ncn2c1N1CCN=C1c1ccccc1-2. The first-order valence-corrected chi connectivity index (χ1v) is 5.79. The number of fused-ring (bicyclic) bond motifs is 6. The molecule has 0 aliphatic carbocycles. The molecule has 1 aromatic carbocycles. The number of benzene rings is 1. The van der Waals surface area contributed by atoms with Crippen LogP contribution in [0.3, 0.4) is 0 Å². The van der Waals surface area contributed by atoms with Gasteiger partial charge in [-0.2, -0.15) is 5.26 Å². The normalized spacial score (nSPS) is 15.5. The minimum absolute atomic E-state index is 0.458. The highest BCUT2D eigenvalue weighted by atomic mass is 15.3. The highest BCUT2D eigenvalue weighted by molar-refractivity contribution is 6.15. The monoisotopic (exact) mass is 235 g/mol. The van der Waals surface area contributed by atoms with Crippen LogP contribution < -0.4 is 4.90 Å². The Balaban J connectivity index is 2.10. The molecule has 0 fully saturated rings. The molecule has 0 saturated carbocycles. The van der Waals surface area contributed by atoms with Crippen LogP contribution in [-0.2, 0) is 0 Å². The lowest BCUT2D eigenvalue weighted by atomic mass is 10.1. The predicted molar refractivity (Wildman–Crippen MR) is 67.0 cm³/mol. The number of aromatic nitrogens is 2. The summed E-state index contributed by atoms with van der Waals surface area (Å²) in [6.07, 6.45) is 1.71. The Kier molecular flexibility index (Phi) is 1.68. The third-order valence-electron chi connectivity index (χ3n) is 3.35. The minimum atomic E-state index is 0.458. The van der Waals surface area contributed by atoms with Gasteiger partial charge in [0.2, 0.25) is 0 Å². The molecule has 0 atom stereocenters. The maximum Gasteiger partial charge on any atom is 0.183 e. The van der Waals surface area contributed by atoms with Gasteiger partial charge in [-0.3, -0.25) is 9.56 Å². The second-order valence-electron chi connectivity index (χ2n) is 4.27.